The van der Waals surface area contributed by atoms with Crippen LogP contribution in [0.3, 0.4) is 0 Å². The number of aromatic nitrogens is 1. The van der Waals surface area contributed by atoms with Crippen molar-refractivity contribution >= 4 is 23.3 Å². The maximum absolute atomic E-state index is 13.5. The number of hydrogen-bond donors (Lipinski definition) is 0. The van der Waals surface area contributed by atoms with Gasteiger partial charge in [0.2, 0.25) is 0 Å². The van der Waals surface area contributed by atoms with Gasteiger partial charge in [0, 0.05) is 30.9 Å². The quantitative estimate of drug-likeness (QED) is 0.492. The lowest BCUT2D eigenvalue weighted by molar-refractivity contribution is -0.134. The first kappa shape index (κ1) is 19.2. The Kier molecular flexibility index (Phi) is 5.32. The molecule has 0 saturated heterocycles. The molecule has 146 valence electrons. The van der Waals surface area contributed by atoms with E-state index in [2.05, 4.69) is 0 Å². The first-order valence-electron chi connectivity index (χ1n) is 9.37. The minimum Gasteiger partial charge on any atom is -0.336 e. The van der Waals surface area contributed by atoms with Crippen LogP contribution < -0.4 is 5.56 Å². The Morgan fingerprint density at radius 1 is 0.897 bits per heavy atom. The molecule has 1 unspecified atom stereocenters. The summed E-state index contributed by atoms with van der Waals surface area (Å²) in [6.45, 7) is 0.895. The van der Waals surface area contributed by atoms with Crippen LogP contribution in [0.25, 0.3) is 0 Å². The van der Waals surface area contributed by atoms with Crippen molar-refractivity contribution in [2.75, 3.05) is 6.54 Å². The molecule has 0 bridgehead atoms. The average molecular weight is 407 g/mol. The third-order valence-electron chi connectivity index (χ3n) is 5.16. The first-order valence-corrected chi connectivity index (χ1v) is 9.75. The molecule has 1 aromatic heterocycles. The van der Waals surface area contributed by atoms with Crippen LogP contribution in [0.5, 0.6) is 0 Å². The monoisotopic (exact) mass is 406 g/mol. The predicted octanol–water partition coefficient (Wildman–Crippen LogP) is 3.51. The number of rotatable bonds is 4. The van der Waals surface area contributed by atoms with Gasteiger partial charge in [-0.1, -0.05) is 66.2 Å². The molecule has 1 aliphatic heterocycles. The van der Waals surface area contributed by atoms with Gasteiger partial charge in [0.05, 0.1) is 5.02 Å². The number of fused-ring (bicyclic) bond motifs is 1. The van der Waals surface area contributed by atoms with E-state index in [4.69, 9.17) is 11.6 Å². The maximum atomic E-state index is 13.5. The zero-order valence-corrected chi connectivity index (χ0v) is 16.4. The Hall–Kier alpha value is -3.18. The van der Waals surface area contributed by atoms with Gasteiger partial charge in [-0.25, -0.2) is 0 Å². The van der Waals surface area contributed by atoms with Crippen LogP contribution in [-0.4, -0.2) is 27.7 Å². The minimum atomic E-state index is -1.30. The van der Waals surface area contributed by atoms with Crippen molar-refractivity contribution in [3.63, 3.8) is 0 Å². The fourth-order valence-electron chi connectivity index (χ4n) is 3.65. The van der Waals surface area contributed by atoms with Gasteiger partial charge in [0.1, 0.15) is 0 Å². The highest BCUT2D eigenvalue weighted by Crippen LogP contribution is 2.24. The van der Waals surface area contributed by atoms with Gasteiger partial charge in [-0.2, -0.15) is 0 Å². The molecule has 29 heavy (non-hydrogen) atoms. The Balaban J connectivity index is 1.74. The molecule has 0 aliphatic carbocycles. The lowest BCUT2D eigenvalue weighted by atomic mass is 9.97. The van der Waals surface area contributed by atoms with Crippen molar-refractivity contribution in [2.45, 2.75) is 19.0 Å². The van der Waals surface area contributed by atoms with Gasteiger partial charge < -0.3 is 4.90 Å². The second-order valence-electron chi connectivity index (χ2n) is 7.00. The molecule has 0 radical (unpaired) electrons. The normalized spacial score (nSPS) is 14.2. The standard InChI is InChI=1S/C23H19ClN2O3/c24-19-10-11-20(27)26(15-19)21(22(28)17-7-2-1-3-8-17)23(29)25-13-12-16-6-4-5-9-18(16)14-25/h1-11,15,21H,12-14H2. The zero-order chi connectivity index (χ0) is 20.4. The molecule has 0 spiro atoms. The molecular formula is C23H19ClN2O3. The number of carbonyl (C=O) groups is 2. The Labute approximate surface area is 173 Å². The highest BCUT2D eigenvalue weighted by molar-refractivity contribution is 6.30. The Morgan fingerprint density at radius 3 is 2.34 bits per heavy atom. The van der Waals surface area contributed by atoms with Crippen molar-refractivity contribution in [1.82, 2.24) is 9.47 Å². The fourth-order valence-corrected chi connectivity index (χ4v) is 3.82. The van der Waals surface area contributed by atoms with E-state index in [1.807, 2.05) is 24.3 Å². The second kappa shape index (κ2) is 8.05. The summed E-state index contributed by atoms with van der Waals surface area (Å²) in [6, 6.07) is 17.9. The van der Waals surface area contributed by atoms with E-state index in [0.29, 0.717) is 25.1 Å². The van der Waals surface area contributed by atoms with Gasteiger partial charge in [-0.15, -0.1) is 0 Å². The highest BCUT2D eigenvalue weighted by Gasteiger charge is 2.35. The fraction of sp³-hybridized carbons (Fsp3) is 0.174. The summed E-state index contributed by atoms with van der Waals surface area (Å²) >= 11 is 6.07. The topological polar surface area (TPSA) is 59.4 Å². The van der Waals surface area contributed by atoms with E-state index in [9.17, 15) is 14.4 Å². The van der Waals surface area contributed by atoms with Crippen molar-refractivity contribution in [3.05, 3.63) is 105 Å². The van der Waals surface area contributed by atoms with Crippen molar-refractivity contribution in [3.8, 4) is 0 Å². The summed E-state index contributed by atoms with van der Waals surface area (Å²) in [5.74, 6) is -0.837. The van der Waals surface area contributed by atoms with Gasteiger partial charge >= 0.3 is 0 Å². The van der Waals surface area contributed by atoms with E-state index in [0.717, 1.165) is 10.1 Å². The van der Waals surface area contributed by atoms with E-state index >= 15 is 0 Å². The molecule has 0 N–H and O–H groups in total. The van der Waals surface area contributed by atoms with Gasteiger partial charge in [0.15, 0.2) is 11.8 Å². The predicted molar refractivity (Wildman–Crippen MR) is 111 cm³/mol. The van der Waals surface area contributed by atoms with Crippen LogP contribution in [0, 0.1) is 0 Å². The Morgan fingerprint density at radius 2 is 1.59 bits per heavy atom. The minimum absolute atomic E-state index is 0.284. The molecule has 3 aromatic rings. The summed E-state index contributed by atoms with van der Waals surface area (Å²) in [6.07, 6.45) is 2.06. The smallest absolute Gasteiger partial charge is 0.254 e. The Bertz CT molecular complexity index is 1120. The van der Waals surface area contributed by atoms with Gasteiger partial charge in [-0.05, 0) is 23.6 Å². The lowest BCUT2D eigenvalue weighted by Gasteiger charge is -2.32. The van der Waals surface area contributed by atoms with Crippen molar-refractivity contribution in [2.24, 2.45) is 0 Å². The van der Waals surface area contributed by atoms with Crippen LogP contribution in [0.1, 0.15) is 27.5 Å². The molecule has 2 aromatic carbocycles. The molecule has 1 atom stereocenters. The molecule has 2 heterocycles. The van der Waals surface area contributed by atoms with E-state index in [-0.39, 0.29) is 5.02 Å². The molecule has 6 heteroatoms. The van der Waals surface area contributed by atoms with Gasteiger partial charge in [0.25, 0.3) is 11.5 Å². The van der Waals surface area contributed by atoms with Crippen molar-refractivity contribution < 1.29 is 9.59 Å². The highest BCUT2D eigenvalue weighted by atomic mass is 35.5. The largest absolute Gasteiger partial charge is 0.336 e. The average Bonchev–Trinajstić information content (AvgIpc) is 2.76. The summed E-state index contributed by atoms with van der Waals surface area (Å²) in [4.78, 5) is 40.9. The van der Waals surface area contributed by atoms with Crippen LogP contribution in [-0.2, 0) is 17.8 Å². The lowest BCUT2D eigenvalue weighted by Crippen LogP contribution is -2.45. The maximum Gasteiger partial charge on any atom is 0.254 e. The number of benzene rings is 2. The zero-order valence-electron chi connectivity index (χ0n) is 15.6. The number of Topliss-reactive ketones (excluding diaryl/α,β-unsaturated/α-hetero) is 1. The number of ketones is 1. The van der Waals surface area contributed by atoms with Crippen LogP contribution in [0.2, 0.25) is 5.02 Å². The third kappa shape index (κ3) is 3.87. The first-order chi connectivity index (χ1) is 14.0. The van der Waals surface area contributed by atoms with E-state index < -0.39 is 23.3 Å². The second-order valence-corrected chi connectivity index (χ2v) is 7.44. The summed E-state index contributed by atoms with van der Waals surface area (Å²) in [5, 5.41) is 0.284. The molecule has 1 amide bonds. The molecule has 0 fully saturated rings. The van der Waals surface area contributed by atoms with E-state index in [1.165, 1.54) is 23.9 Å². The molecule has 1 aliphatic rings. The number of pyridine rings is 1. The SMILES string of the molecule is O=C(c1ccccc1)C(C(=O)N1CCc2ccccc2C1)n1cc(Cl)ccc1=O. The summed E-state index contributed by atoms with van der Waals surface area (Å²) < 4.78 is 1.14. The van der Waals surface area contributed by atoms with Crippen LogP contribution in [0.4, 0.5) is 0 Å². The summed E-state index contributed by atoms with van der Waals surface area (Å²) in [7, 11) is 0. The van der Waals surface area contributed by atoms with E-state index in [1.54, 1.807) is 35.2 Å². The molecule has 0 saturated carbocycles. The number of amides is 1. The van der Waals surface area contributed by atoms with Crippen LogP contribution >= 0.6 is 11.6 Å². The number of halogens is 1. The van der Waals surface area contributed by atoms with Crippen molar-refractivity contribution in [1.29, 1.82) is 0 Å². The molecular weight excluding hydrogens is 388 g/mol. The number of carbonyl (C=O) groups excluding carboxylic acids is 2. The third-order valence-corrected chi connectivity index (χ3v) is 5.39. The number of nitrogens with zero attached hydrogens (tertiary/aromatic N) is 2. The van der Waals surface area contributed by atoms with Gasteiger partial charge in [-0.3, -0.25) is 19.0 Å². The van der Waals surface area contributed by atoms with Crippen LogP contribution in [0.15, 0.2) is 77.7 Å². The molecule has 4 rings (SSSR count). The number of hydrogen-bond acceptors (Lipinski definition) is 3. The summed E-state index contributed by atoms with van der Waals surface area (Å²) in [5.41, 5.74) is 2.17. The molecule has 5 nitrogen and oxygen atoms in total.